The predicted octanol–water partition coefficient (Wildman–Crippen LogP) is 5.40. The van der Waals surface area contributed by atoms with Gasteiger partial charge in [-0.15, -0.1) is 0 Å². The van der Waals surface area contributed by atoms with Crippen LogP contribution in [0, 0.1) is 0 Å². The summed E-state index contributed by atoms with van der Waals surface area (Å²) in [5.41, 5.74) is 1.79. The van der Waals surface area contributed by atoms with Crippen molar-refractivity contribution in [2.45, 2.75) is 66.0 Å². The van der Waals surface area contributed by atoms with Gasteiger partial charge in [-0.2, -0.15) is 0 Å². The zero-order valence-corrected chi connectivity index (χ0v) is 21.5. The van der Waals surface area contributed by atoms with Crippen LogP contribution in [-0.4, -0.2) is 42.5 Å². The number of ether oxygens (including phenoxy) is 2. The summed E-state index contributed by atoms with van der Waals surface area (Å²) in [5, 5.41) is 3.52. The van der Waals surface area contributed by atoms with Gasteiger partial charge in [0.15, 0.2) is 11.5 Å². The van der Waals surface area contributed by atoms with Crippen molar-refractivity contribution in [2.75, 3.05) is 19.8 Å². The maximum absolute atomic E-state index is 13.4. The quantitative estimate of drug-likeness (QED) is 0.386. The van der Waals surface area contributed by atoms with Gasteiger partial charge < -0.3 is 19.7 Å². The SMILES string of the molecule is CCCNC(=O)[C@H](CC)N(Cc1ccccc1Cl)C(=O)CCc1ccc(OCC)c(OCC)c1. The molecule has 0 bridgehead atoms. The topological polar surface area (TPSA) is 67.9 Å². The molecule has 2 rings (SSSR count). The molecule has 0 unspecified atom stereocenters. The number of aryl methyl sites for hydroxylation is 1. The molecule has 2 aromatic rings. The first-order valence-electron chi connectivity index (χ1n) is 12.1. The Morgan fingerprint density at radius 3 is 2.35 bits per heavy atom. The van der Waals surface area contributed by atoms with Crippen molar-refractivity contribution in [3.63, 3.8) is 0 Å². The van der Waals surface area contributed by atoms with E-state index in [1.807, 2.05) is 64.1 Å². The molecule has 7 heteroatoms. The third-order valence-electron chi connectivity index (χ3n) is 5.47. The van der Waals surface area contributed by atoms with Gasteiger partial charge in [-0.05, 0) is 62.4 Å². The summed E-state index contributed by atoms with van der Waals surface area (Å²) in [5.74, 6) is 1.14. The largest absolute Gasteiger partial charge is 0.490 e. The van der Waals surface area contributed by atoms with Crippen LogP contribution >= 0.6 is 11.6 Å². The number of carbonyl (C=O) groups excluding carboxylic acids is 2. The minimum absolute atomic E-state index is 0.0923. The average molecular weight is 489 g/mol. The number of halogens is 1. The normalized spacial score (nSPS) is 11.6. The van der Waals surface area contributed by atoms with Crippen molar-refractivity contribution in [1.29, 1.82) is 0 Å². The summed E-state index contributed by atoms with van der Waals surface area (Å²) in [6, 6.07) is 12.6. The van der Waals surface area contributed by atoms with Crippen LogP contribution in [0.1, 0.15) is 58.1 Å². The molecule has 0 aliphatic heterocycles. The number of hydrogen-bond acceptors (Lipinski definition) is 4. The molecule has 0 fully saturated rings. The summed E-state index contributed by atoms with van der Waals surface area (Å²) >= 11 is 6.38. The second-order valence-electron chi connectivity index (χ2n) is 7.98. The van der Waals surface area contributed by atoms with E-state index in [2.05, 4.69) is 5.32 Å². The standard InChI is InChI=1S/C27H37ClN2O4/c1-5-17-29-27(32)23(6-2)30(19-21-11-9-10-12-22(21)28)26(31)16-14-20-13-15-24(33-7-3)25(18-20)34-8-4/h9-13,15,18,23H,5-8,14,16-17,19H2,1-4H3,(H,29,32)/t23-/m0/s1. The molecule has 1 atom stereocenters. The second-order valence-corrected chi connectivity index (χ2v) is 8.38. The van der Waals surface area contributed by atoms with Gasteiger partial charge in [0.1, 0.15) is 6.04 Å². The third-order valence-corrected chi connectivity index (χ3v) is 5.84. The molecule has 6 nitrogen and oxygen atoms in total. The fourth-order valence-electron chi connectivity index (χ4n) is 3.74. The Hall–Kier alpha value is -2.73. The Kier molecular flexibility index (Phi) is 11.7. The van der Waals surface area contributed by atoms with Gasteiger partial charge >= 0.3 is 0 Å². The van der Waals surface area contributed by atoms with E-state index in [9.17, 15) is 9.59 Å². The number of benzene rings is 2. The first kappa shape index (κ1) is 27.5. The molecule has 2 amide bonds. The maximum Gasteiger partial charge on any atom is 0.242 e. The molecule has 0 heterocycles. The first-order valence-corrected chi connectivity index (χ1v) is 12.5. The first-order chi connectivity index (χ1) is 16.4. The molecule has 1 N–H and O–H groups in total. The lowest BCUT2D eigenvalue weighted by Gasteiger charge is -2.31. The molecule has 186 valence electrons. The van der Waals surface area contributed by atoms with E-state index in [4.69, 9.17) is 21.1 Å². The van der Waals surface area contributed by atoms with E-state index in [1.54, 1.807) is 11.0 Å². The van der Waals surface area contributed by atoms with Crippen LogP contribution in [-0.2, 0) is 22.6 Å². The molecule has 34 heavy (non-hydrogen) atoms. The van der Waals surface area contributed by atoms with Crippen molar-refractivity contribution in [3.05, 3.63) is 58.6 Å². The molecule has 0 aromatic heterocycles. The highest BCUT2D eigenvalue weighted by Crippen LogP contribution is 2.29. The highest BCUT2D eigenvalue weighted by atomic mass is 35.5. The van der Waals surface area contributed by atoms with Crippen LogP contribution in [0.3, 0.4) is 0 Å². The van der Waals surface area contributed by atoms with E-state index < -0.39 is 6.04 Å². The van der Waals surface area contributed by atoms with Crippen molar-refractivity contribution < 1.29 is 19.1 Å². The Morgan fingerprint density at radius 1 is 1.00 bits per heavy atom. The van der Waals surface area contributed by atoms with Crippen molar-refractivity contribution >= 4 is 23.4 Å². The van der Waals surface area contributed by atoms with Crippen LogP contribution in [0.2, 0.25) is 5.02 Å². The molecule has 2 aromatic carbocycles. The smallest absolute Gasteiger partial charge is 0.242 e. The minimum Gasteiger partial charge on any atom is -0.490 e. The fraction of sp³-hybridized carbons (Fsp3) is 0.481. The number of carbonyl (C=O) groups is 2. The lowest BCUT2D eigenvalue weighted by Crippen LogP contribution is -2.49. The Labute approximate surface area is 208 Å². The summed E-state index contributed by atoms with van der Waals surface area (Å²) in [4.78, 5) is 28.0. The van der Waals surface area contributed by atoms with Crippen molar-refractivity contribution in [3.8, 4) is 11.5 Å². The van der Waals surface area contributed by atoms with Gasteiger partial charge in [0.2, 0.25) is 11.8 Å². The molecule has 0 spiro atoms. The van der Waals surface area contributed by atoms with Gasteiger partial charge in [0, 0.05) is 24.5 Å². The summed E-state index contributed by atoms with van der Waals surface area (Å²) in [7, 11) is 0. The second kappa shape index (κ2) is 14.5. The minimum atomic E-state index is -0.561. The Morgan fingerprint density at radius 2 is 1.71 bits per heavy atom. The highest BCUT2D eigenvalue weighted by molar-refractivity contribution is 6.31. The lowest BCUT2D eigenvalue weighted by atomic mass is 10.1. The zero-order chi connectivity index (χ0) is 24.9. The number of nitrogens with one attached hydrogen (secondary N) is 1. The van der Waals surface area contributed by atoms with Gasteiger partial charge in [0.05, 0.1) is 13.2 Å². The van der Waals surface area contributed by atoms with E-state index in [0.29, 0.717) is 49.1 Å². The Balaban J connectivity index is 2.22. The van der Waals surface area contributed by atoms with Gasteiger partial charge in [0.25, 0.3) is 0 Å². The van der Waals surface area contributed by atoms with Crippen LogP contribution in [0.25, 0.3) is 0 Å². The summed E-state index contributed by atoms with van der Waals surface area (Å²) in [6.07, 6.45) is 2.14. The molecule has 0 saturated carbocycles. The predicted molar refractivity (Wildman–Crippen MR) is 136 cm³/mol. The van der Waals surface area contributed by atoms with Crippen molar-refractivity contribution in [1.82, 2.24) is 10.2 Å². The molecule has 0 radical (unpaired) electrons. The average Bonchev–Trinajstić information content (AvgIpc) is 2.83. The number of amides is 2. The van der Waals surface area contributed by atoms with Crippen molar-refractivity contribution in [2.24, 2.45) is 0 Å². The number of nitrogens with zero attached hydrogens (tertiary/aromatic N) is 1. The molecular formula is C27H37ClN2O4. The summed E-state index contributed by atoms with van der Waals surface area (Å²) < 4.78 is 11.3. The zero-order valence-electron chi connectivity index (χ0n) is 20.7. The van der Waals surface area contributed by atoms with Gasteiger partial charge in [-0.3, -0.25) is 9.59 Å². The maximum atomic E-state index is 13.4. The molecule has 0 saturated heterocycles. The van der Waals surface area contributed by atoms with Gasteiger partial charge in [-0.1, -0.05) is 49.7 Å². The number of hydrogen-bond donors (Lipinski definition) is 1. The van der Waals surface area contributed by atoms with Crippen LogP contribution in [0.4, 0.5) is 0 Å². The highest BCUT2D eigenvalue weighted by Gasteiger charge is 2.28. The molecule has 0 aliphatic carbocycles. The van der Waals surface area contributed by atoms with E-state index >= 15 is 0 Å². The fourth-order valence-corrected chi connectivity index (χ4v) is 3.94. The monoisotopic (exact) mass is 488 g/mol. The lowest BCUT2D eigenvalue weighted by molar-refractivity contribution is -0.141. The van der Waals surface area contributed by atoms with Crippen LogP contribution in [0.5, 0.6) is 11.5 Å². The van der Waals surface area contributed by atoms with Gasteiger partial charge in [-0.25, -0.2) is 0 Å². The van der Waals surface area contributed by atoms with Crippen LogP contribution in [0.15, 0.2) is 42.5 Å². The number of rotatable bonds is 14. The van der Waals surface area contributed by atoms with Crippen LogP contribution < -0.4 is 14.8 Å². The third kappa shape index (κ3) is 7.94. The molecular weight excluding hydrogens is 452 g/mol. The van der Waals surface area contributed by atoms with E-state index in [0.717, 1.165) is 17.5 Å². The molecule has 0 aliphatic rings. The van der Waals surface area contributed by atoms with E-state index in [-0.39, 0.29) is 24.8 Å². The Bertz CT molecular complexity index is 935. The van der Waals surface area contributed by atoms with E-state index in [1.165, 1.54) is 0 Å². The summed E-state index contributed by atoms with van der Waals surface area (Å²) in [6.45, 7) is 9.71.